The van der Waals surface area contributed by atoms with Gasteiger partial charge in [-0.2, -0.15) is 8.42 Å². The van der Waals surface area contributed by atoms with Crippen molar-refractivity contribution in [2.24, 2.45) is 0 Å². The van der Waals surface area contributed by atoms with Gasteiger partial charge in [0.15, 0.2) is 0 Å². The van der Waals surface area contributed by atoms with Crippen LogP contribution in [-0.4, -0.2) is 71.2 Å². The van der Waals surface area contributed by atoms with Gasteiger partial charge in [-0.05, 0) is 33.6 Å². The number of aliphatic hydroxyl groups is 3. The van der Waals surface area contributed by atoms with Crippen molar-refractivity contribution in [3.63, 3.8) is 0 Å². The molecule has 0 aromatic rings. The Balaban J connectivity index is 0. The van der Waals surface area contributed by atoms with E-state index in [4.69, 9.17) is 24.6 Å². The summed E-state index contributed by atoms with van der Waals surface area (Å²) >= 11 is 0. The molecule has 0 rings (SSSR count). The Hall–Kier alpha value is -0.330. The molecule has 0 bridgehead atoms. The summed E-state index contributed by atoms with van der Waals surface area (Å²) in [6, 6.07) is 0. The van der Waals surface area contributed by atoms with Crippen LogP contribution in [0.2, 0.25) is 0 Å². The molecule has 0 spiro atoms. The molecular weight excluding hydrogens is 402 g/mol. The quantitative estimate of drug-likeness (QED) is 0.160. The number of rotatable bonds is 16. The maximum atomic E-state index is 10.3. The van der Waals surface area contributed by atoms with Gasteiger partial charge < -0.3 is 20.1 Å². The first-order valence-corrected chi connectivity index (χ1v) is 11.9. The van der Waals surface area contributed by atoms with Crippen LogP contribution in [0.15, 0.2) is 0 Å². The van der Waals surface area contributed by atoms with Crippen LogP contribution in [0.5, 0.6) is 0 Å². The summed E-state index contributed by atoms with van der Waals surface area (Å²) in [5.41, 5.74) is 0. The minimum atomic E-state index is -4.34. The van der Waals surface area contributed by atoms with Crippen LogP contribution in [0.4, 0.5) is 0 Å². The van der Waals surface area contributed by atoms with E-state index in [-0.39, 0.29) is 19.3 Å². The van der Waals surface area contributed by atoms with E-state index in [2.05, 4.69) is 11.1 Å². The summed E-state index contributed by atoms with van der Waals surface area (Å²) in [6.45, 7) is 8.76. The molecule has 178 valence electrons. The minimum absolute atomic E-state index is 0.133. The molecule has 29 heavy (non-hydrogen) atoms. The van der Waals surface area contributed by atoms with Gasteiger partial charge in [0.1, 0.15) is 18.7 Å². The fourth-order valence-electron chi connectivity index (χ4n) is 2.85. The highest BCUT2D eigenvalue weighted by atomic mass is 32.3. The van der Waals surface area contributed by atoms with Crippen LogP contribution in [0.25, 0.3) is 0 Å². The SMILES string of the molecule is CC(O)N(C(C)O)C(C)O.CCCCCCCCC(CC)OCCOS(=O)(=O)O. The van der Waals surface area contributed by atoms with E-state index in [9.17, 15) is 8.42 Å². The van der Waals surface area contributed by atoms with E-state index in [1.807, 2.05) is 6.92 Å². The lowest BCUT2D eigenvalue weighted by atomic mass is 10.1. The highest BCUT2D eigenvalue weighted by molar-refractivity contribution is 7.80. The highest BCUT2D eigenvalue weighted by Crippen LogP contribution is 2.12. The molecule has 4 N–H and O–H groups in total. The molecule has 0 heterocycles. The van der Waals surface area contributed by atoms with Crippen LogP contribution in [0.1, 0.15) is 86.0 Å². The van der Waals surface area contributed by atoms with Gasteiger partial charge in [0, 0.05) is 0 Å². The second-order valence-electron chi connectivity index (χ2n) is 7.05. The molecule has 4 unspecified atom stereocenters. The van der Waals surface area contributed by atoms with Crippen LogP contribution in [0.3, 0.4) is 0 Å². The lowest BCUT2D eigenvalue weighted by Crippen LogP contribution is -2.45. The van der Waals surface area contributed by atoms with Crippen LogP contribution < -0.4 is 0 Å². The van der Waals surface area contributed by atoms with Gasteiger partial charge in [0.2, 0.25) is 0 Å². The lowest BCUT2D eigenvalue weighted by molar-refractivity contribution is -0.159. The molecule has 0 saturated carbocycles. The van der Waals surface area contributed by atoms with Gasteiger partial charge in [-0.3, -0.25) is 4.55 Å². The standard InChI is InChI=1S/C13H28O5S.C6H15NO3/c1-3-5-6-7-8-9-10-13(4-2)17-11-12-18-19(14,15)16;1-4(8)7(5(2)9)6(3)10/h13H,3-12H2,1-2H3,(H,14,15,16);4-6,8-10H,1-3H3. The molecule has 0 saturated heterocycles. The number of hydrogen-bond acceptors (Lipinski definition) is 8. The Morgan fingerprint density at radius 3 is 1.69 bits per heavy atom. The number of ether oxygens (including phenoxy) is 1. The van der Waals surface area contributed by atoms with E-state index in [1.165, 1.54) is 57.8 Å². The first kappa shape index (κ1) is 30.9. The predicted molar refractivity (Wildman–Crippen MR) is 112 cm³/mol. The normalized spacial score (nSPS) is 16.1. The molecule has 0 aliphatic heterocycles. The largest absolute Gasteiger partial charge is 0.397 e. The van der Waals surface area contributed by atoms with Gasteiger partial charge in [0.25, 0.3) is 0 Å². The van der Waals surface area contributed by atoms with E-state index in [1.54, 1.807) is 0 Å². The van der Waals surface area contributed by atoms with Crippen molar-refractivity contribution in [2.75, 3.05) is 13.2 Å². The van der Waals surface area contributed by atoms with Crippen LogP contribution in [0, 0.1) is 0 Å². The van der Waals surface area contributed by atoms with E-state index >= 15 is 0 Å². The molecule has 0 radical (unpaired) electrons. The summed E-state index contributed by atoms with van der Waals surface area (Å²) in [4.78, 5) is 1.17. The summed E-state index contributed by atoms with van der Waals surface area (Å²) in [5.74, 6) is 0. The van der Waals surface area contributed by atoms with Gasteiger partial charge in [0.05, 0.1) is 19.3 Å². The molecule has 0 aromatic carbocycles. The zero-order chi connectivity index (χ0) is 22.9. The molecule has 4 atom stereocenters. The average molecular weight is 446 g/mol. The minimum Gasteiger partial charge on any atom is -0.379 e. The summed E-state index contributed by atoms with van der Waals surface area (Å²) < 4.78 is 38.7. The number of unbranched alkanes of at least 4 members (excludes halogenated alkanes) is 5. The summed E-state index contributed by atoms with van der Waals surface area (Å²) in [7, 11) is -4.34. The Kier molecular flexibility index (Phi) is 19.6. The molecule has 10 heteroatoms. The average Bonchev–Trinajstić information content (AvgIpc) is 2.58. The molecule has 9 nitrogen and oxygen atoms in total. The third-order valence-corrected chi connectivity index (χ3v) is 4.76. The molecule has 0 amide bonds. The van der Waals surface area contributed by atoms with Gasteiger partial charge in [-0.25, -0.2) is 9.08 Å². The number of aliphatic hydroxyl groups excluding tert-OH is 3. The monoisotopic (exact) mass is 445 g/mol. The number of nitrogens with zero attached hydrogens (tertiary/aromatic N) is 1. The predicted octanol–water partition coefficient (Wildman–Crippen LogP) is 2.65. The third-order valence-electron chi connectivity index (χ3n) is 4.30. The second-order valence-corrected chi connectivity index (χ2v) is 8.14. The summed E-state index contributed by atoms with van der Waals surface area (Å²) in [6.07, 6.45) is 7.05. The van der Waals surface area contributed by atoms with Crippen molar-refractivity contribution in [1.82, 2.24) is 4.90 Å². The van der Waals surface area contributed by atoms with Crippen molar-refractivity contribution in [3.05, 3.63) is 0 Å². The first-order chi connectivity index (χ1) is 13.5. The van der Waals surface area contributed by atoms with E-state index in [0.717, 1.165) is 19.3 Å². The Morgan fingerprint density at radius 1 is 0.828 bits per heavy atom. The maximum absolute atomic E-state index is 10.3. The Bertz CT molecular complexity index is 438. The van der Waals surface area contributed by atoms with Crippen LogP contribution in [-0.2, 0) is 19.3 Å². The number of hydrogen-bond donors (Lipinski definition) is 4. The second kappa shape index (κ2) is 18.4. The maximum Gasteiger partial charge on any atom is 0.397 e. The van der Waals surface area contributed by atoms with Gasteiger partial charge in [-0.15, -0.1) is 0 Å². The molecule has 0 aliphatic rings. The topological polar surface area (TPSA) is 137 Å². The van der Waals surface area contributed by atoms with Crippen LogP contribution >= 0.6 is 0 Å². The van der Waals surface area contributed by atoms with Crippen molar-refractivity contribution in [3.8, 4) is 0 Å². The third kappa shape index (κ3) is 20.7. The van der Waals surface area contributed by atoms with Crippen molar-refractivity contribution in [1.29, 1.82) is 0 Å². The van der Waals surface area contributed by atoms with Gasteiger partial charge in [-0.1, -0.05) is 52.4 Å². The molecular formula is C19H43NO8S. The highest BCUT2D eigenvalue weighted by Gasteiger charge is 2.20. The molecule has 0 aromatic heterocycles. The first-order valence-electron chi connectivity index (χ1n) is 10.5. The van der Waals surface area contributed by atoms with Crippen molar-refractivity contribution < 1.29 is 37.2 Å². The van der Waals surface area contributed by atoms with E-state index in [0.29, 0.717) is 0 Å². The lowest BCUT2D eigenvalue weighted by Gasteiger charge is -2.30. The Morgan fingerprint density at radius 2 is 1.31 bits per heavy atom. The smallest absolute Gasteiger partial charge is 0.379 e. The van der Waals surface area contributed by atoms with E-state index < -0.39 is 29.1 Å². The van der Waals surface area contributed by atoms with Crippen molar-refractivity contribution >= 4 is 10.4 Å². The zero-order valence-electron chi connectivity index (χ0n) is 18.7. The molecule has 0 aliphatic carbocycles. The molecule has 0 fully saturated rings. The van der Waals surface area contributed by atoms with Gasteiger partial charge >= 0.3 is 10.4 Å². The summed E-state index contributed by atoms with van der Waals surface area (Å²) in [5, 5.41) is 26.9. The van der Waals surface area contributed by atoms with Crippen molar-refractivity contribution in [2.45, 2.75) is 111 Å². The fraction of sp³-hybridized carbons (Fsp3) is 1.00. The Labute approximate surface area is 177 Å². The fourth-order valence-corrected chi connectivity index (χ4v) is 3.13. The zero-order valence-corrected chi connectivity index (χ0v) is 19.5.